The van der Waals surface area contributed by atoms with Gasteiger partial charge in [0.25, 0.3) is 15.6 Å². The van der Waals surface area contributed by atoms with Crippen molar-refractivity contribution in [3.05, 3.63) is 0 Å². The van der Waals surface area contributed by atoms with Crippen LogP contribution in [0.25, 0.3) is 0 Å². The van der Waals surface area contributed by atoms with E-state index in [1.165, 1.54) is 14.1 Å². The van der Waals surface area contributed by atoms with Gasteiger partial charge in [0.15, 0.2) is 0 Å². The molecule has 11 heavy (non-hydrogen) atoms. The Labute approximate surface area is 77.8 Å². The molecule has 0 bridgehead atoms. The minimum atomic E-state index is -1.70. The van der Waals surface area contributed by atoms with Crippen molar-refractivity contribution >= 4 is 39.3 Å². The van der Waals surface area contributed by atoms with E-state index in [0.29, 0.717) is 0 Å². The van der Waals surface area contributed by atoms with Gasteiger partial charge in [-0.2, -0.15) is 0 Å². The Hall–Kier alpha value is -0.290. The maximum atomic E-state index is 10.9. The molecule has 0 saturated heterocycles. The molecule has 6 heteroatoms. The van der Waals surface area contributed by atoms with Crippen LogP contribution in [0.3, 0.4) is 0 Å². The average Bonchev–Trinajstić information content (AvgIpc) is 2.01. The van der Waals surface area contributed by atoms with Gasteiger partial charge in [0.2, 0.25) is 0 Å². The van der Waals surface area contributed by atoms with Gasteiger partial charge in [-0.3, -0.25) is 9.59 Å². The van der Waals surface area contributed by atoms with Crippen molar-refractivity contribution in [3.8, 4) is 0 Å². The molecule has 0 aliphatic rings. The van der Waals surface area contributed by atoms with Crippen LogP contribution >= 0.6 is 27.5 Å². The molecule has 0 atom stereocenters. The number of hydrogen-bond acceptors (Lipinski definition) is 2. The molecule has 0 heterocycles. The maximum absolute atomic E-state index is 10.9. The number of rotatable bonds is 2. The number of alkyl halides is 2. The Morgan fingerprint density at radius 1 is 1.27 bits per heavy atom. The highest BCUT2D eigenvalue weighted by molar-refractivity contribution is 9.11. The summed E-state index contributed by atoms with van der Waals surface area (Å²) in [7, 11) is 2.79. The summed E-state index contributed by atoms with van der Waals surface area (Å²) in [6.45, 7) is 0. The van der Waals surface area contributed by atoms with Crippen molar-refractivity contribution in [2.75, 3.05) is 14.1 Å². The van der Waals surface area contributed by atoms with E-state index in [9.17, 15) is 9.59 Å². The van der Waals surface area contributed by atoms with E-state index < -0.39 is 15.6 Å². The molecule has 0 aromatic rings. The second-order valence-corrected chi connectivity index (χ2v) is 3.95. The minimum Gasteiger partial charge on any atom is -0.356 e. The Balaban J connectivity index is 4.44. The number of hydrogen-bond donors (Lipinski definition) is 2. The summed E-state index contributed by atoms with van der Waals surface area (Å²) in [6.07, 6.45) is 0. The minimum absolute atomic E-state index is 0.599. The van der Waals surface area contributed by atoms with Gasteiger partial charge in [0.1, 0.15) is 0 Å². The van der Waals surface area contributed by atoms with Crippen molar-refractivity contribution in [1.82, 2.24) is 10.6 Å². The fourth-order valence-corrected chi connectivity index (χ4v) is 1.00. The van der Waals surface area contributed by atoms with E-state index in [-0.39, 0.29) is 0 Å². The molecular formula is C5H8BrClN2O2. The summed E-state index contributed by atoms with van der Waals surface area (Å²) < 4.78 is -1.70. The molecule has 2 amide bonds. The largest absolute Gasteiger partial charge is 0.356 e. The highest BCUT2D eigenvalue weighted by Gasteiger charge is 2.40. The molecule has 0 fully saturated rings. The van der Waals surface area contributed by atoms with Crippen LogP contribution in [0.4, 0.5) is 0 Å². The Morgan fingerprint density at radius 2 is 1.55 bits per heavy atom. The van der Waals surface area contributed by atoms with Gasteiger partial charge in [0, 0.05) is 14.1 Å². The lowest BCUT2D eigenvalue weighted by atomic mass is 10.4. The third-order valence-corrected chi connectivity index (χ3v) is 2.09. The van der Waals surface area contributed by atoms with Crippen molar-refractivity contribution in [2.45, 2.75) is 3.78 Å². The fourth-order valence-electron chi connectivity index (χ4n) is 0.417. The van der Waals surface area contributed by atoms with Crippen LogP contribution in [0.5, 0.6) is 0 Å². The first-order valence-corrected chi connectivity index (χ1v) is 3.96. The van der Waals surface area contributed by atoms with Crippen LogP contribution in [-0.4, -0.2) is 29.7 Å². The molecule has 0 unspecified atom stereocenters. The summed E-state index contributed by atoms with van der Waals surface area (Å²) in [5, 5.41) is 4.48. The standard InChI is InChI=1S/C5H8BrClN2O2/c1-8-3(10)5(6,7)4(11)9-2/h1-2H3,(H,8,10)(H,9,11). The second kappa shape index (κ2) is 3.92. The first-order chi connectivity index (χ1) is 4.96. The third kappa shape index (κ3) is 2.34. The summed E-state index contributed by atoms with van der Waals surface area (Å²) in [5.74, 6) is -1.20. The Morgan fingerprint density at radius 3 is 1.73 bits per heavy atom. The summed E-state index contributed by atoms with van der Waals surface area (Å²) in [4.78, 5) is 21.8. The van der Waals surface area contributed by atoms with Gasteiger partial charge in [-0.25, -0.2) is 0 Å². The van der Waals surface area contributed by atoms with Gasteiger partial charge >= 0.3 is 0 Å². The van der Waals surface area contributed by atoms with Gasteiger partial charge in [-0.1, -0.05) is 11.6 Å². The smallest absolute Gasteiger partial charge is 0.261 e. The van der Waals surface area contributed by atoms with Crippen LogP contribution in [-0.2, 0) is 9.59 Å². The molecule has 0 rings (SSSR count). The SMILES string of the molecule is CNC(=O)C(Cl)(Br)C(=O)NC. The molecule has 0 saturated carbocycles. The third-order valence-electron chi connectivity index (χ3n) is 1.02. The molecule has 64 valence electrons. The first kappa shape index (κ1) is 10.7. The molecule has 0 aromatic carbocycles. The van der Waals surface area contributed by atoms with Gasteiger partial charge < -0.3 is 10.6 Å². The molecule has 0 aromatic heterocycles. The normalized spacial score (nSPS) is 10.5. The zero-order valence-electron chi connectivity index (χ0n) is 6.07. The lowest BCUT2D eigenvalue weighted by Gasteiger charge is -2.15. The molecule has 4 nitrogen and oxygen atoms in total. The van der Waals surface area contributed by atoms with Crippen LogP contribution < -0.4 is 10.6 Å². The van der Waals surface area contributed by atoms with Gasteiger partial charge in [0.05, 0.1) is 0 Å². The quantitative estimate of drug-likeness (QED) is 0.522. The topological polar surface area (TPSA) is 58.2 Å². The summed E-state index contributed by atoms with van der Waals surface area (Å²) >= 11 is 8.30. The molecular weight excluding hydrogens is 235 g/mol. The van der Waals surface area contributed by atoms with Crippen molar-refractivity contribution < 1.29 is 9.59 Å². The molecule has 0 aliphatic heterocycles. The van der Waals surface area contributed by atoms with Gasteiger partial charge in [-0.05, 0) is 15.9 Å². The summed E-state index contributed by atoms with van der Waals surface area (Å²) in [6, 6.07) is 0. The van der Waals surface area contributed by atoms with E-state index in [2.05, 4.69) is 26.6 Å². The van der Waals surface area contributed by atoms with E-state index in [0.717, 1.165) is 0 Å². The van der Waals surface area contributed by atoms with Crippen molar-refractivity contribution in [2.24, 2.45) is 0 Å². The lowest BCUT2D eigenvalue weighted by molar-refractivity contribution is -0.129. The molecule has 0 aliphatic carbocycles. The predicted octanol–water partition coefficient (Wildman–Crippen LogP) is -0.192. The van der Waals surface area contributed by atoms with E-state index >= 15 is 0 Å². The Kier molecular flexibility index (Phi) is 3.82. The molecule has 0 radical (unpaired) electrons. The number of halogens is 2. The fraction of sp³-hybridized carbons (Fsp3) is 0.600. The number of carbonyl (C=O) groups excluding carboxylic acids is 2. The Bertz CT molecular complexity index is 165. The zero-order chi connectivity index (χ0) is 9.07. The van der Waals surface area contributed by atoms with Crippen LogP contribution in [0, 0.1) is 0 Å². The average molecular weight is 243 g/mol. The van der Waals surface area contributed by atoms with Crippen molar-refractivity contribution in [1.29, 1.82) is 0 Å². The predicted molar refractivity (Wildman–Crippen MR) is 45.6 cm³/mol. The lowest BCUT2D eigenvalue weighted by Crippen LogP contribution is -2.47. The highest BCUT2D eigenvalue weighted by atomic mass is 79.9. The first-order valence-electron chi connectivity index (χ1n) is 2.79. The molecule has 2 N–H and O–H groups in total. The van der Waals surface area contributed by atoms with E-state index in [1.807, 2.05) is 0 Å². The zero-order valence-corrected chi connectivity index (χ0v) is 8.41. The number of nitrogens with one attached hydrogen (secondary N) is 2. The summed E-state index contributed by atoms with van der Waals surface area (Å²) in [5.41, 5.74) is 0. The van der Waals surface area contributed by atoms with Gasteiger partial charge in [-0.15, -0.1) is 0 Å². The van der Waals surface area contributed by atoms with E-state index in [4.69, 9.17) is 11.6 Å². The monoisotopic (exact) mass is 242 g/mol. The highest BCUT2D eigenvalue weighted by Crippen LogP contribution is 2.23. The number of carbonyl (C=O) groups is 2. The van der Waals surface area contributed by atoms with Crippen molar-refractivity contribution in [3.63, 3.8) is 0 Å². The van der Waals surface area contributed by atoms with Crippen LogP contribution in [0.2, 0.25) is 0 Å². The maximum Gasteiger partial charge on any atom is 0.261 e. The molecule has 0 spiro atoms. The second-order valence-electron chi connectivity index (χ2n) is 1.73. The van der Waals surface area contributed by atoms with E-state index in [1.54, 1.807) is 0 Å². The van der Waals surface area contributed by atoms with Crippen LogP contribution in [0.1, 0.15) is 0 Å². The number of amides is 2. The van der Waals surface area contributed by atoms with Crippen LogP contribution in [0.15, 0.2) is 0 Å².